The molecule has 13 nitrogen and oxygen atoms in total. The van der Waals surface area contributed by atoms with E-state index in [1.54, 1.807) is 44.2 Å². The predicted octanol–water partition coefficient (Wildman–Crippen LogP) is -0.728. The molecule has 0 spiro atoms. The molecule has 1 rings (SSSR count). The zero-order valence-electron chi connectivity index (χ0n) is 21.5. The van der Waals surface area contributed by atoms with Gasteiger partial charge in [0, 0.05) is 19.3 Å². The molecule has 0 bridgehead atoms. The van der Waals surface area contributed by atoms with Gasteiger partial charge in [0.1, 0.15) is 18.1 Å². The van der Waals surface area contributed by atoms with E-state index in [4.69, 9.17) is 16.6 Å². The van der Waals surface area contributed by atoms with Crippen LogP contribution >= 0.6 is 0 Å². The summed E-state index contributed by atoms with van der Waals surface area (Å²) in [6.45, 7) is 3.45. The molecular weight excluding hydrogens is 498 g/mol. The first-order valence-electron chi connectivity index (χ1n) is 12.3. The third kappa shape index (κ3) is 11.4. The van der Waals surface area contributed by atoms with Gasteiger partial charge in [-0.25, -0.2) is 4.79 Å². The fourth-order valence-electron chi connectivity index (χ4n) is 3.51. The Bertz CT molecular complexity index is 987. The van der Waals surface area contributed by atoms with E-state index >= 15 is 0 Å². The minimum atomic E-state index is -1.37. The minimum absolute atomic E-state index is 0.00296. The number of hydrogen-bond acceptors (Lipinski definition) is 7. The zero-order valence-corrected chi connectivity index (χ0v) is 21.5. The van der Waals surface area contributed by atoms with E-state index in [1.807, 2.05) is 0 Å². The molecule has 13 heteroatoms. The average molecular weight is 536 g/mol. The maximum Gasteiger partial charge on any atom is 0.326 e. The van der Waals surface area contributed by atoms with Crippen molar-refractivity contribution in [2.75, 3.05) is 0 Å². The molecule has 0 aliphatic carbocycles. The Balaban J connectivity index is 3.15. The van der Waals surface area contributed by atoms with E-state index in [9.17, 15) is 33.9 Å². The molecule has 5 atom stereocenters. The maximum atomic E-state index is 13.2. The van der Waals surface area contributed by atoms with Crippen molar-refractivity contribution in [3.05, 3.63) is 35.9 Å². The van der Waals surface area contributed by atoms with Gasteiger partial charge in [0.05, 0.1) is 6.04 Å². The van der Waals surface area contributed by atoms with Gasteiger partial charge in [-0.1, -0.05) is 50.6 Å². The molecule has 38 heavy (non-hydrogen) atoms. The lowest BCUT2D eigenvalue weighted by Crippen LogP contribution is -2.58. The van der Waals surface area contributed by atoms with E-state index in [0.717, 1.165) is 0 Å². The number of aliphatic carboxylic acids is 2. The number of primary amides is 1. The summed E-state index contributed by atoms with van der Waals surface area (Å²) in [5.41, 5.74) is 11.5. The molecule has 0 saturated heterocycles. The van der Waals surface area contributed by atoms with Crippen molar-refractivity contribution in [1.82, 2.24) is 16.0 Å². The van der Waals surface area contributed by atoms with Crippen LogP contribution in [0.5, 0.6) is 0 Å². The maximum absolute atomic E-state index is 13.2. The molecule has 5 unspecified atom stereocenters. The molecule has 0 aliphatic heterocycles. The molecule has 9 N–H and O–H groups in total. The van der Waals surface area contributed by atoms with Crippen molar-refractivity contribution >= 4 is 35.6 Å². The number of carboxylic acids is 2. The lowest BCUT2D eigenvalue weighted by molar-refractivity contribution is -0.143. The number of nitrogens with two attached hydrogens (primary N) is 2. The molecule has 210 valence electrons. The van der Waals surface area contributed by atoms with E-state index in [1.165, 1.54) is 0 Å². The second-order valence-corrected chi connectivity index (χ2v) is 9.07. The number of nitrogens with one attached hydrogen (secondary N) is 3. The standard InChI is InChI=1S/C25H37N5O8/c1-3-14(2)21(25(37)38)30-24(36)18(13-15-7-5-4-6-8-15)29-23(35)17(10-12-20(32)33)28-22(34)16(26)9-11-19(27)31/h4-8,14,16-18,21H,3,9-13,26H2,1-2H3,(H2,27,31)(H,28,34)(H,29,35)(H,30,36)(H,32,33)(H,37,38). The van der Waals surface area contributed by atoms with E-state index in [0.29, 0.717) is 12.0 Å². The van der Waals surface area contributed by atoms with Crippen LogP contribution in [0.4, 0.5) is 0 Å². The molecule has 0 heterocycles. The Labute approximate surface area is 220 Å². The highest BCUT2D eigenvalue weighted by molar-refractivity contribution is 5.94. The van der Waals surface area contributed by atoms with Crippen molar-refractivity contribution in [1.29, 1.82) is 0 Å². The van der Waals surface area contributed by atoms with E-state index in [2.05, 4.69) is 16.0 Å². The average Bonchev–Trinajstić information content (AvgIpc) is 2.87. The van der Waals surface area contributed by atoms with Gasteiger partial charge in [0.2, 0.25) is 23.6 Å². The summed E-state index contributed by atoms with van der Waals surface area (Å²) in [7, 11) is 0. The third-order valence-corrected chi connectivity index (χ3v) is 6.01. The van der Waals surface area contributed by atoms with Crippen LogP contribution in [0.15, 0.2) is 30.3 Å². The Kier molecular flexibility index (Phi) is 13.5. The molecule has 1 aromatic rings. The number of carboxylic acid groups (broad SMARTS) is 2. The zero-order chi connectivity index (χ0) is 28.8. The number of amides is 4. The molecule has 0 aromatic heterocycles. The largest absolute Gasteiger partial charge is 0.481 e. The highest BCUT2D eigenvalue weighted by Crippen LogP contribution is 2.11. The SMILES string of the molecule is CCC(C)C(NC(=O)C(Cc1ccccc1)NC(=O)C(CCC(=O)O)NC(=O)C(N)CCC(N)=O)C(=O)O. The van der Waals surface area contributed by atoms with Crippen LogP contribution in [0.2, 0.25) is 0 Å². The van der Waals surface area contributed by atoms with Gasteiger partial charge in [-0.2, -0.15) is 0 Å². The smallest absolute Gasteiger partial charge is 0.326 e. The van der Waals surface area contributed by atoms with Gasteiger partial charge >= 0.3 is 11.9 Å². The Morgan fingerprint density at radius 2 is 1.42 bits per heavy atom. The topological polar surface area (TPSA) is 231 Å². The minimum Gasteiger partial charge on any atom is -0.481 e. The summed E-state index contributed by atoms with van der Waals surface area (Å²) >= 11 is 0. The molecule has 0 aliphatic rings. The fourth-order valence-corrected chi connectivity index (χ4v) is 3.51. The first kappa shape index (κ1) is 32.0. The van der Waals surface area contributed by atoms with Crippen LogP contribution in [0.25, 0.3) is 0 Å². The summed E-state index contributed by atoms with van der Waals surface area (Å²) in [5.74, 6) is -5.91. The Hall–Kier alpha value is -4.00. The van der Waals surface area contributed by atoms with Crippen molar-refractivity contribution in [3.8, 4) is 0 Å². The Morgan fingerprint density at radius 1 is 0.842 bits per heavy atom. The molecule has 4 amide bonds. The number of carbonyl (C=O) groups excluding carboxylic acids is 4. The van der Waals surface area contributed by atoms with Crippen molar-refractivity contribution < 1.29 is 39.0 Å². The summed E-state index contributed by atoms with van der Waals surface area (Å²) in [5, 5.41) is 26.0. The van der Waals surface area contributed by atoms with Crippen LogP contribution in [0, 0.1) is 5.92 Å². The molecule has 0 fully saturated rings. The summed E-state index contributed by atoms with van der Waals surface area (Å²) in [4.78, 5) is 72.7. The van der Waals surface area contributed by atoms with Crippen molar-refractivity contribution in [3.63, 3.8) is 0 Å². The van der Waals surface area contributed by atoms with Gasteiger partial charge in [-0.3, -0.25) is 24.0 Å². The normalized spacial score (nSPS) is 14.7. The van der Waals surface area contributed by atoms with Crippen LogP contribution in [-0.4, -0.2) is 69.9 Å². The van der Waals surface area contributed by atoms with Gasteiger partial charge in [-0.05, 0) is 24.3 Å². The number of hydrogen-bond donors (Lipinski definition) is 7. The summed E-state index contributed by atoms with van der Waals surface area (Å²) in [6.07, 6.45) is -0.547. The number of benzene rings is 1. The highest BCUT2D eigenvalue weighted by Gasteiger charge is 2.32. The van der Waals surface area contributed by atoms with Gasteiger partial charge < -0.3 is 37.6 Å². The first-order chi connectivity index (χ1) is 17.8. The summed E-state index contributed by atoms with van der Waals surface area (Å²) in [6, 6.07) is 3.68. The van der Waals surface area contributed by atoms with Crippen LogP contribution in [-0.2, 0) is 35.2 Å². The fraction of sp³-hybridized carbons (Fsp3) is 0.520. The van der Waals surface area contributed by atoms with Crippen molar-refractivity contribution in [2.45, 2.75) is 76.5 Å². The predicted molar refractivity (Wildman–Crippen MR) is 136 cm³/mol. The van der Waals surface area contributed by atoms with Gasteiger partial charge in [0.15, 0.2) is 0 Å². The molecule has 0 saturated carbocycles. The van der Waals surface area contributed by atoms with E-state index in [-0.39, 0.29) is 25.7 Å². The lowest BCUT2D eigenvalue weighted by atomic mass is 9.98. The van der Waals surface area contributed by atoms with Crippen LogP contribution < -0.4 is 27.4 Å². The van der Waals surface area contributed by atoms with Gasteiger partial charge in [-0.15, -0.1) is 0 Å². The second kappa shape index (κ2) is 16.0. The number of carbonyl (C=O) groups is 6. The molecular formula is C25H37N5O8. The summed E-state index contributed by atoms with van der Waals surface area (Å²) < 4.78 is 0. The quantitative estimate of drug-likeness (QED) is 0.133. The first-order valence-corrected chi connectivity index (χ1v) is 12.3. The van der Waals surface area contributed by atoms with E-state index < -0.39 is 72.1 Å². The number of rotatable bonds is 17. The second-order valence-electron chi connectivity index (χ2n) is 9.07. The molecule has 1 aromatic carbocycles. The molecule has 0 radical (unpaired) electrons. The van der Waals surface area contributed by atoms with Crippen LogP contribution in [0.1, 0.15) is 51.5 Å². The lowest BCUT2D eigenvalue weighted by Gasteiger charge is -2.26. The van der Waals surface area contributed by atoms with Gasteiger partial charge in [0.25, 0.3) is 0 Å². The third-order valence-electron chi connectivity index (χ3n) is 6.01. The Morgan fingerprint density at radius 3 is 1.95 bits per heavy atom. The van der Waals surface area contributed by atoms with Crippen LogP contribution in [0.3, 0.4) is 0 Å². The monoisotopic (exact) mass is 535 g/mol. The highest BCUT2D eigenvalue weighted by atomic mass is 16.4. The van der Waals surface area contributed by atoms with Crippen molar-refractivity contribution in [2.24, 2.45) is 17.4 Å².